The van der Waals surface area contributed by atoms with Gasteiger partial charge >= 0.3 is 5.97 Å². The molecule has 0 aliphatic carbocycles. The van der Waals surface area contributed by atoms with Gasteiger partial charge in [-0.1, -0.05) is 0 Å². The number of hydrogen-bond donors (Lipinski definition) is 1. The molecule has 0 spiro atoms. The SMILES string of the molecule is COC(=O)CCCN1CCC(N)CC1. The molecule has 1 fully saturated rings. The second kappa shape index (κ2) is 5.98. The molecule has 1 heterocycles. The summed E-state index contributed by atoms with van der Waals surface area (Å²) >= 11 is 0. The van der Waals surface area contributed by atoms with Gasteiger partial charge in [-0.05, 0) is 38.9 Å². The fourth-order valence-electron chi connectivity index (χ4n) is 1.73. The number of carbonyl (C=O) groups excluding carboxylic acids is 1. The molecule has 0 aromatic heterocycles. The van der Waals surface area contributed by atoms with Crippen molar-refractivity contribution in [2.45, 2.75) is 31.7 Å². The molecule has 0 saturated carbocycles. The zero-order chi connectivity index (χ0) is 10.4. The highest BCUT2D eigenvalue weighted by Gasteiger charge is 2.15. The maximum absolute atomic E-state index is 10.8. The van der Waals surface area contributed by atoms with E-state index in [4.69, 9.17) is 5.73 Å². The van der Waals surface area contributed by atoms with Crippen LogP contribution in [0.3, 0.4) is 0 Å². The largest absolute Gasteiger partial charge is 0.469 e. The van der Waals surface area contributed by atoms with Gasteiger partial charge < -0.3 is 15.4 Å². The highest BCUT2D eigenvalue weighted by molar-refractivity contribution is 5.69. The summed E-state index contributed by atoms with van der Waals surface area (Å²) in [5, 5.41) is 0. The Bertz CT molecular complexity index is 177. The van der Waals surface area contributed by atoms with Crippen molar-refractivity contribution >= 4 is 5.97 Å². The third-order valence-corrected chi connectivity index (χ3v) is 2.72. The fourth-order valence-corrected chi connectivity index (χ4v) is 1.73. The lowest BCUT2D eigenvalue weighted by Crippen LogP contribution is -2.40. The van der Waals surface area contributed by atoms with Crippen LogP contribution in [0.5, 0.6) is 0 Å². The molecule has 2 N–H and O–H groups in total. The van der Waals surface area contributed by atoms with Gasteiger partial charge in [0.15, 0.2) is 0 Å². The molecule has 0 amide bonds. The van der Waals surface area contributed by atoms with Gasteiger partial charge in [-0.3, -0.25) is 4.79 Å². The van der Waals surface area contributed by atoms with Crippen LogP contribution in [0, 0.1) is 0 Å². The smallest absolute Gasteiger partial charge is 0.305 e. The first-order valence-electron chi connectivity index (χ1n) is 5.27. The van der Waals surface area contributed by atoms with Gasteiger partial charge in [-0.15, -0.1) is 0 Å². The Labute approximate surface area is 85.4 Å². The van der Waals surface area contributed by atoms with Gasteiger partial charge in [0.05, 0.1) is 7.11 Å². The quantitative estimate of drug-likeness (QED) is 0.666. The minimum absolute atomic E-state index is 0.112. The Morgan fingerprint density at radius 1 is 1.50 bits per heavy atom. The van der Waals surface area contributed by atoms with Gasteiger partial charge in [-0.2, -0.15) is 0 Å². The number of hydrogen-bond acceptors (Lipinski definition) is 4. The number of esters is 1. The lowest BCUT2D eigenvalue weighted by atomic mass is 10.1. The summed E-state index contributed by atoms with van der Waals surface area (Å²) in [5.74, 6) is -0.112. The van der Waals surface area contributed by atoms with Crippen LogP contribution in [0.25, 0.3) is 0 Å². The van der Waals surface area contributed by atoms with Gasteiger partial charge in [-0.25, -0.2) is 0 Å². The summed E-state index contributed by atoms with van der Waals surface area (Å²) in [4.78, 5) is 13.2. The Balaban J connectivity index is 2.04. The maximum Gasteiger partial charge on any atom is 0.305 e. The first-order valence-corrected chi connectivity index (χ1v) is 5.27. The lowest BCUT2D eigenvalue weighted by Gasteiger charge is -2.29. The van der Waals surface area contributed by atoms with Crippen molar-refractivity contribution in [1.82, 2.24) is 4.90 Å². The van der Waals surface area contributed by atoms with E-state index in [0.717, 1.165) is 38.9 Å². The predicted molar refractivity (Wildman–Crippen MR) is 54.9 cm³/mol. The molecule has 0 bridgehead atoms. The maximum atomic E-state index is 10.8. The average molecular weight is 200 g/mol. The minimum Gasteiger partial charge on any atom is -0.469 e. The number of methoxy groups -OCH3 is 1. The molecule has 4 nitrogen and oxygen atoms in total. The number of rotatable bonds is 4. The van der Waals surface area contributed by atoms with E-state index in [2.05, 4.69) is 9.64 Å². The van der Waals surface area contributed by atoms with Crippen LogP contribution in [-0.4, -0.2) is 43.7 Å². The second-order valence-corrected chi connectivity index (χ2v) is 3.86. The summed E-state index contributed by atoms with van der Waals surface area (Å²) in [7, 11) is 1.43. The Morgan fingerprint density at radius 3 is 2.71 bits per heavy atom. The van der Waals surface area contributed by atoms with Crippen LogP contribution in [0.4, 0.5) is 0 Å². The standard InChI is InChI=1S/C10H20N2O2/c1-14-10(13)3-2-6-12-7-4-9(11)5-8-12/h9H,2-8,11H2,1H3. The highest BCUT2D eigenvalue weighted by Crippen LogP contribution is 2.08. The zero-order valence-corrected chi connectivity index (χ0v) is 8.87. The minimum atomic E-state index is -0.112. The highest BCUT2D eigenvalue weighted by atomic mass is 16.5. The Kier molecular flexibility index (Phi) is 4.90. The third-order valence-electron chi connectivity index (χ3n) is 2.72. The number of likely N-dealkylation sites (tertiary alicyclic amines) is 1. The first kappa shape index (κ1) is 11.5. The van der Waals surface area contributed by atoms with Crippen LogP contribution in [0.15, 0.2) is 0 Å². The fraction of sp³-hybridized carbons (Fsp3) is 0.900. The molecule has 82 valence electrons. The first-order chi connectivity index (χ1) is 6.72. The van der Waals surface area contributed by atoms with Crippen molar-refractivity contribution < 1.29 is 9.53 Å². The van der Waals surface area contributed by atoms with E-state index in [1.165, 1.54) is 7.11 Å². The molecule has 1 aliphatic heterocycles. The third kappa shape index (κ3) is 4.07. The monoisotopic (exact) mass is 200 g/mol. The van der Waals surface area contributed by atoms with E-state index in [-0.39, 0.29) is 5.97 Å². The van der Waals surface area contributed by atoms with Crippen molar-refractivity contribution in [1.29, 1.82) is 0 Å². The molecule has 1 rings (SSSR count). The number of nitrogens with two attached hydrogens (primary N) is 1. The Morgan fingerprint density at radius 2 is 2.14 bits per heavy atom. The van der Waals surface area contributed by atoms with Crippen LogP contribution in [0.2, 0.25) is 0 Å². The normalized spacial score (nSPS) is 19.6. The van der Waals surface area contributed by atoms with Crippen LogP contribution in [-0.2, 0) is 9.53 Å². The van der Waals surface area contributed by atoms with E-state index >= 15 is 0 Å². The molecular formula is C10H20N2O2. The zero-order valence-electron chi connectivity index (χ0n) is 8.87. The van der Waals surface area contributed by atoms with Crippen molar-refractivity contribution in [3.05, 3.63) is 0 Å². The van der Waals surface area contributed by atoms with Crippen molar-refractivity contribution in [2.24, 2.45) is 5.73 Å². The number of ether oxygens (including phenoxy) is 1. The topological polar surface area (TPSA) is 55.6 Å². The van der Waals surface area contributed by atoms with Gasteiger partial charge in [0.25, 0.3) is 0 Å². The van der Waals surface area contributed by atoms with Gasteiger partial charge in [0.2, 0.25) is 0 Å². The molecular weight excluding hydrogens is 180 g/mol. The summed E-state index contributed by atoms with van der Waals surface area (Å²) in [6.07, 6.45) is 3.58. The summed E-state index contributed by atoms with van der Waals surface area (Å²) in [5.41, 5.74) is 5.79. The average Bonchev–Trinajstić information content (AvgIpc) is 2.21. The predicted octanol–water partition coefficient (Wildman–Crippen LogP) is 0.363. The molecule has 14 heavy (non-hydrogen) atoms. The van der Waals surface area contributed by atoms with Crippen molar-refractivity contribution in [3.8, 4) is 0 Å². The van der Waals surface area contributed by atoms with E-state index < -0.39 is 0 Å². The summed E-state index contributed by atoms with van der Waals surface area (Å²) in [6, 6.07) is 0.381. The molecule has 0 atom stereocenters. The number of carbonyl (C=O) groups is 1. The molecule has 1 aliphatic rings. The van der Waals surface area contributed by atoms with Gasteiger partial charge in [0.1, 0.15) is 0 Å². The van der Waals surface area contributed by atoms with Crippen LogP contribution in [0.1, 0.15) is 25.7 Å². The Hall–Kier alpha value is -0.610. The van der Waals surface area contributed by atoms with Gasteiger partial charge in [0, 0.05) is 12.5 Å². The summed E-state index contributed by atoms with van der Waals surface area (Å²) in [6.45, 7) is 3.13. The molecule has 0 aromatic rings. The molecule has 0 aromatic carbocycles. The van der Waals surface area contributed by atoms with E-state index in [1.54, 1.807) is 0 Å². The number of piperidine rings is 1. The number of nitrogens with zero attached hydrogens (tertiary/aromatic N) is 1. The second-order valence-electron chi connectivity index (χ2n) is 3.86. The molecule has 0 unspecified atom stereocenters. The van der Waals surface area contributed by atoms with E-state index in [1.807, 2.05) is 0 Å². The van der Waals surface area contributed by atoms with Crippen LogP contribution >= 0.6 is 0 Å². The lowest BCUT2D eigenvalue weighted by molar-refractivity contribution is -0.140. The van der Waals surface area contributed by atoms with E-state index in [9.17, 15) is 4.79 Å². The summed E-state index contributed by atoms with van der Waals surface area (Å²) < 4.78 is 4.58. The molecule has 0 radical (unpaired) electrons. The van der Waals surface area contributed by atoms with Crippen molar-refractivity contribution in [2.75, 3.05) is 26.7 Å². The van der Waals surface area contributed by atoms with Crippen LogP contribution < -0.4 is 5.73 Å². The van der Waals surface area contributed by atoms with Crippen molar-refractivity contribution in [3.63, 3.8) is 0 Å². The van der Waals surface area contributed by atoms with E-state index in [0.29, 0.717) is 12.5 Å². The molecule has 4 heteroatoms. The molecule has 1 saturated heterocycles.